The number of hydrogen-bond acceptors (Lipinski definition) is 3. The van der Waals surface area contributed by atoms with E-state index < -0.39 is 9.84 Å². The highest BCUT2D eigenvalue weighted by molar-refractivity contribution is 7.91. The first-order valence-corrected chi connectivity index (χ1v) is 9.25. The zero-order valence-electron chi connectivity index (χ0n) is 13.0. The molecule has 20 heavy (non-hydrogen) atoms. The van der Waals surface area contributed by atoms with Gasteiger partial charge in [0.25, 0.3) is 0 Å². The van der Waals surface area contributed by atoms with Crippen molar-refractivity contribution >= 4 is 9.84 Å². The summed E-state index contributed by atoms with van der Waals surface area (Å²) in [5.74, 6) is 0.858. The number of rotatable bonds is 8. The second-order valence-corrected chi connectivity index (χ2v) is 7.92. The first-order valence-electron chi connectivity index (χ1n) is 7.43. The van der Waals surface area contributed by atoms with Crippen LogP contribution in [-0.2, 0) is 9.84 Å². The summed E-state index contributed by atoms with van der Waals surface area (Å²) in [4.78, 5) is 0. The van der Waals surface area contributed by atoms with Crippen LogP contribution in [0.5, 0.6) is 0 Å². The minimum atomic E-state index is -2.99. The lowest BCUT2D eigenvalue weighted by molar-refractivity contribution is 0.547. The quantitative estimate of drug-likeness (QED) is 0.801. The summed E-state index contributed by atoms with van der Waals surface area (Å²) in [5, 5.41) is 3.35. The summed E-state index contributed by atoms with van der Waals surface area (Å²) in [6, 6.07) is 8.18. The molecule has 1 unspecified atom stereocenters. The highest BCUT2D eigenvalue weighted by atomic mass is 32.2. The molecule has 0 heterocycles. The number of hydrogen-bond donors (Lipinski definition) is 1. The Bertz CT molecular complexity index is 492. The van der Waals surface area contributed by atoms with E-state index in [9.17, 15) is 8.42 Å². The largest absolute Gasteiger partial charge is 0.309 e. The third-order valence-electron chi connectivity index (χ3n) is 3.51. The molecule has 114 valence electrons. The van der Waals surface area contributed by atoms with Crippen LogP contribution in [0, 0.1) is 0 Å². The van der Waals surface area contributed by atoms with E-state index in [-0.39, 0.29) is 17.5 Å². The van der Waals surface area contributed by atoms with Crippen LogP contribution in [0.3, 0.4) is 0 Å². The molecule has 4 heteroatoms. The molecule has 3 nitrogen and oxygen atoms in total. The Hall–Kier alpha value is -0.870. The number of benzene rings is 1. The van der Waals surface area contributed by atoms with Crippen molar-refractivity contribution in [2.24, 2.45) is 0 Å². The fraction of sp³-hybridized carbons (Fsp3) is 0.625. The van der Waals surface area contributed by atoms with E-state index >= 15 is 0 Å². The molecule has 0 radical (unpaired) electrons. The van der Waals surface area contributed by atoms with Gasteiger partial charge >= 0.3 is 0 Å². The van der Waals surface area contributed by atoms with Crippen molar-refractivity contribution in [3.8, 4) is 0 Å². The summed E-state index contributed by atoms with van der Waals surface area (Å²) in [6.45, 7) is 8.93. The standard InChI is InChI=1S/C16H27NO2S/c1-5-11-17-16(12-20(18,19)6-2)15-9-7-14(8-10-15)13(3)4/h7-10,13,16-17H,5-6,11-12H2,1-4H3. The molecule has 1 N–H and O–H groups in total. The second kappa shape index (κ2) is 7.79. The van der Waals surface area contributed by atoms with Crippen molar-refractivity contribution in [2.45, 2.75) is 46.1 Å². The third-order valence-corrected chi connectivity index (χ3v) is 5.23. The summed E-state index contributed by atoms with van der Waals surface area (Å²) in [7, 11) is -2.99. The molecule has 0 fully saturated rings. The molecule has 0 amide bonds. The van der Waals surface area contributed by atoms with E-state index in [0.29, 0.717) is 5.92 Å². The molecule has 0 aliphatic heterocycles. The Kier molecular flexibility index (Phi) is 6.69. The fourth-order valence-electron chi connectivity index (χ4n) is 2.08. The highest BCUT2D eigenvalue weighted by Gasteiger charge is 2.19. The van der Waals surface area contributed by atoms with Crippen molar-refractivity contribution < 1.29 is 8.42 Å². The van der Waals surface area contributed by atoms with Crippen LogP contribution in [0.4, 0.5) is 0 Å². The summed E-state index contributed by atoms with van der Waals surface area (Å²) in [6.07, 6.45) is 0.993. The average Bonchev–Trinajstić information content (AvgIpc) is 2.43. The predicted molar refractivity (Wildman–Crippen MR) is 85.9 cm³/mol. The Morgan fingerprint density at radius 2 is 1.60 bits per heavy atom. The van der Waals surface area contributed by atoms with Gasteiger partial charge in [0.15, 0.2) is 9.84 Å². The Morgan fingerprint density at radius 1 is 1.05 bits per heavy atom. The van der Waals surface area contributed by atoms with Gasteiger partial charge in [-0.15, -0.1) is 0 Å². The van der Waals surface area contributed by atoms with Gasteiger partial charge in [-0.25, -0.2) is 8.42 Å². The molecule has 0 aliphatic carbocycles. The second-order valence-electron chi connectivity index (χ2n) is 5.53. The third kappa shape index (κ3) is 5.25. The Morgan fingerprint density at radius 3 is 2.05 bits per heavy atom. The zero-order chi connectivity index (χ0) is 15.2. The summed E-state index contributed by atoms with van der Waals surface area (Å²) in [5.41, 5.74) is 2.33. The molecule has 1 atom stereocenters. The van der Waals surface area contributed by atoms with Crippen LogP contribution < -0.4 is 5.32 Å². The molecule has 0 aliphatic rings. The van der Waals surface area contributed by atoms with E-state index in [4.69, 9.17) is 0 Å². The zero-order valence-corrected chi connectivity index (χ0v) is 13.8. The molecule has 1 rings (SSSR count). The van der Waals surface area contributed by atoms with E-state index in [0.717, 1.165) is 18.5 Å². The van der Waals surface area contributed by atoms with Crippen molar-refractivity contribution in [1.82, 2.24) is 5.32 Å². The number of sulfone groups is 1. The lowest BCUT2D eigenvalue weighted by atomic mass is 9.99. The Labute approximate surface area is 123 Å². The van der Waals surface area contributed by atoms with Crippen LogP contribution in [0.15, 0.2) is 24.3 Å². The van der Waals surface area contributed by atoms with Crippen LogP contribution in [-0.4, -0.2) is 26.5 Å². The predicted octanol–water partition coefficient (Wildman–Crippen LogP) is 3.29. The summed E-state index contributed by atoms with van der Waals surface area (Å²) < 4.78 is 23.8. The van der Waals surface area contributed by atoms with Gasteiger partial charge in [0.2, 0.25) is 0 Å². The minimum absolute atomic E-state index is 0.110. The monoisotopic (exact) mass is 297 g/mol. The highest BCUT2D eigenvalue weighted by Crippen LogP contribution is 2.20. The normalized spacial score (nSPS) is 13.7. The van der Waals surface area contributed by atoms with E-state index in [1.165, 1.54) is 5.56 Å². The van der Waals surface area contributed by atoms with Crippen LogP contribution in [0.2, 0.25) is 0 Å². The van der Waals surface area contributed by atoms with Crippen LogP contribution in [0.1, 0.15) is 57.2 Å². The van der Waals surface area contributed by atoms with Gasteiger partial charge in [-0.2, -0.15) is 0 Å². The topological polar surface area (TPSA) is 46.2 Å². The summed E-state index contributed by atoms with van der Waals surface area (Å²) >= 11 is 0. The van der Waals surface area contributed by atoms with Crippen molar-refractivity contribution in [3.05, 3.63) is 35.4 Å². The van der Waals surface area contributed by atoms with Crippen molar-refractivity contribution in [1.29, 1.82) is 0 Å². The lowest BCUT2D eigenvalue weighted by Crippen LogP contribution is -2.29. The van der Waals surface area contributed by atoms with E-state index in [2.05, 4.69) is 38.2 Å². The van der Waals surface area contributed by atoms with Crippen LogP contribution in [0.25, 0.3) is 0 Å². The van der Waals surface area contributed by atoms with E-state index in [1.54, 1.807) is 6.92 Å². The molecule has 1 aromatic carbocycles. The lowest BCUT2D eigenvalue weighted by Gasteiger charge is -2.19. The van der Waals surface area contributed by atoms with Gasteiger partial charge in [-0.3, -0.25) is 0 Å². The molecular weight excluding hydrogens is 270 g/mol. The molecule has 0 aromatic heterocycles. The van der Waals surface area contributed by atoms with Gasteiger partial charge in [-0.1, -0.05) is 52.0 Å². The molecule has 0 saturated carbocycles. The maximum atomic E-state index is 11.9. The SMILES string of the molecule is CCCNC(CS(=O)(=O)CC)c1ccc(C(C)C)cc1. The first kappa shape index (κ1) is 17.2. The van der Waals surface area contributed by atoms with Gasteiger partial charge in [0, 0.05) is 11.8 Å². The molecular formula is C16H27NO2S. The smallest absolute Gasteiger partial charge is 0.151 e. The molecule has 1 aromatic rings. The van der Waals surface area contributed by atoms with Gasteiger partial charge in [-0.05, 0) is 30.0 Å². The van der Waals surface area contributed by atoms with Crippen molar-refractivity contribution in [2.75, 3.05) is 18.1 Å². The molecule has 0 saturated heterocycles. The minimum Gasteiger partial charge on any atom is -0.309 e. The fourth-order valence-corrected chi connectivity index (χ4v) is 3.13. The maximum absolute atomic E-state index is 11.9. The average molecular weight is 297 g/mol. The van der Waals surface area contributed by atoms with Gasteiger partial charge in [0.05, 0.1) is 5.75 Å². The maximum Gasteiger partial charge on any atom is 0.151 e. The van der Waals surface area contributed by atoms with Gasteiger partial charge < -0.3 is 5.32 Å². The first-order chi connectivity index (χ1) is 9.39. The molecule has 0 spiro atoms. The van der Waals surface area contributed by atoms with E-state index in [1.807, 2.05) is 12.1 Å². The van der Waals surface area contributed by atoms with Crippen LogP contribution >= 0.6 is 0 Å². The Balaban J connectivity index is 2.92. The van der Waals surface area contributed by atoms with Crippen molar-refractivity contribution in [3.63, 3.8) is 0 Å². The van der Waals surface area contributed by atoms with Gasteiger partial charge in [0.1, 0.15) is 0 Å². The number of nitrogens with one attached hydrogen (secondary N) is 1. The molecule has 0 bridgehead atoms.